The number of alkyl halides is 2. The fraction of sp³-hybridized carbons (Fsp3) is 0.556. The fourth-order valence-corrected chi connectivity index (χ4v) is 3.05. The predicted molar refractivity (Wildman–Crippen MR) is 90.5 cm³/mol. The lowest BCUT2D eigenvalue weighted by Crippen LogP contribution is -2.34. The highest BCUT2D eigenvalue weighted by Gasteiger charge is 2.33. The molecule has 2 rings (SSSR count). The van der Waals surface area contributed by atoms with Crippen LogP contribution < -0.4 is 0 Å². The number of benzene rings is 1. The second-order valence-electron chi connectivity index (χ2n) is 6.17. The minimum atomic E-state index is -1.42. The number of carbonyl (C=O) groups is 2. The lowest BCUT2D eigenvalue weighted by Gasteiger charge is -2.23. The summed E-state index contributed by atoms with van der Waals surface area (Å²) < 4.78 is 20.1. The first-order chi connectivity index (χ1) is 11.5. The van der Waals surface area contributed by atoms with Crippen LogP contribution in [0.15, 0.2) is 30.3 Å². The molecule has 24 heavy (non-hydrogen) atoms. The van der Waals surface area contributed by atoms with Crippen molar-refractivity contribution in [2.24, 2.45) is 0 Å². The summed E-state index contributed by atoms with van der Waals surface area (Å²) in [4.78, 5) is 25.0. The van der Waals surface area contributed by atoms with Crippen molar-refractivity contribution >= 4 is 23.5 Å². The second kappa shape index (κ2) is 9.02. The van der Waals surface area contributed by atoms with Crippen molar-refractivity contribution in [2.75, 3.05) is 19.0 Å². The van der Waals surface area contributed by atoms with Gasteiger partial charge in [0.2, 0.25) is 5.91 Å². The van der Waals surface area contributed by atoms with E-state index >= 15 is 0 Å². The molecular weight excluding hydrogens is 333 g/mol. The van der Waals surface area contributed by atoms with Gasteiger partial charge in [-0.05, 0) is 31.2 Å². The third kappa shape index (κ3) is 5.78. The number of ether oxygens (including phenoxy) is 1. The van der Waals surface area contributed by atoms with Gasteiger partial charge in [-0.15, -0.1) is 11.6 Å². The second-order valence-corrected chi connectivity index (χ2v) is 6.43. The van der Waals surface area contributed by atoms with Crippen LogP contribution in [0, 0.1) is 0 Å². The van der Waals surface area contributed by atoms with Crippen LogP contribution in [-0.4, -0.2) is 41.4 Å². The number of carbonyl (C=O) groups excluding carboxylic acids is 2. The number of nitrogens with zero attached hydrogens (tertiary/aromatic N) is 1. The first-order valence-corrected chi connectivity index (χ1v) is 8.78. The molecule has 1 atom stereocenters. The number of esters is 1. The van der Waals surface area contributed by atoms with E-state index in [1.807, 2.05) is 30.3 Å². The summed E-state index contributed by atoms with van der Waals surface area (Å²) in [7, 11) is 0. The molecule has 1 aromatic rings. The molecule has 1 unspecified atom stereocenters. The molecular formula is C18H23ClFNO3. The van der Waals surface area contributed by atoms with Crippen molar-refractivity contribution in [2.45, 2.75) is 44.4 Å². The molecule has 0 aromatic heterocycles. The van der Waals surface area contributed by atoms with E-state index in [4.69, 9.17) is 16.3 Å². The summed E-state index contributed by atoms with van der Waals surface area (Å²) in [5, 5.41) is 0. The van der Waals surface area contributed by atoms with Crippen molar-refractivity contribution in [3.63, 3.8) is 0 Å². The van der Waals surface area contributed by atoms with E-state index in [1.165, 1.54) is 0 Å². The highest BCUT2D eigenvalue weighted by atomic mass is 35.5. The van der Waals surface area contributed by atoms with E-state index in [1.54, 1.807) is 4.90 Å². The standard InChI is InChI=1S/C18H23ClFNO3/c19-13-16(22)21-11-4-8-18(20,10-12-21)9-7-17(23)24-14-15-5-2-1-3-6-15/h1-3,5-6H,4,7-14H2. The highest BCUT2D eigenvalue weighted by Crippen LogP contribution is 2.31. The first kappa shape index (κ1) is 18.7. The Bertz CT molecular complexity index is 554. The predicted octanol–water partition coefficient (Wildman–Crippen LogP) is 3.47. The van der Waals surface area contributed by atoms with Gasteiger partial charge in [0.15, 0.2) is 0 Å². The Morgan fingerprint density at radius 2 is 1.96 bits per heavy atom. The maximum absolute atomic E-state index is 14.9. The average molecular weight is 356 g/mol. The minimum Gasteiger partial charge on any atom is -0.461 e. The normalized spacial score (nSPS) is 21.2. The smallest absolute Gasteiger partial charge is 0.306 e. The Hall–Kier alpha value is -1.62. The third-order valence-corrected chi connectivity index (χ3v) is 4.60. The summed E-state index contributed by atoms with van der Waals surface area (Å²) in [6.45, 7) is 1.08. The summed E-state index contributed by atoms with van der Waals surface area (Å²) >= 11 is 5.55. The van der Waals surface area contributed by atoms with Crippen LogP contribution in [0.5, 0.6) is 0 Å². The third-order valence-electron chi connectivity index (χ3n) is 4.37. The zero-order chi connectivity index (χ0) is 17.4. The van der Waals surface area contributed by atoms with Gasteiger partial charge in [0.1, 0.15) is 18.2 Å². The van der Waals surface area contributed by atoms with Crippen molar-refractivity contribution < 1.29 is 18.7 Å². The maximum Gasteiger partial charge on any atom is 0.306 e. The van der Waals surface area contributed by atoms with Crippen molar-refractivity contribution in [3.8, 4) is 0 Å². The fourth-order valence-electron chi connectivity index (χ4n) is 2.88. The topological polar surface area (TPSA) is 46.6 Å². The first-order valence-electron chi connectivity index (χ1n) is 8.25. The van der Waals surface area contributed by atoms with Crippen molar-refractivity contribution in [1.29, 1.82) is 0 Å². The molecule has 0 saturated carbocycles. The summed E-state index contributed by atoms with van der Waals surface area (Å²) in [5.74, 6) is -0.637. The molecule has 132 valence electrons. The number of amides is 1. The number of hydrogen-bond donors (Lipinski definition) is 0. The van der Waals surface area contributed by atoms with Gasteiger partial charge in [0.25, 0.3) is 0 Å². The van der Waals surface area contributed by atoms with Gasteiger partial charge in [-0.3, -0.25) is 9.59 Å². The Morgan fingerprint density at radius 3 is 2.67 bits per heavy atom. The van der Waals surface area contributed by atoms with Crippen molar-refractivity contribution in [1.82, 2.24) is 4.90 Å². The quantitative estimate of drug-likeness (QED) is 0.580. The Morgan fingerprint density at radius 1 is 1.21 bits per heavy atom. The molecule has 1 heterocycles. The molecule has 1 amide bonds. The summed E-state index contributed by atoms with van der Waals surface area (Å²) in [6.07, 6.45) is 1.35. The maximum atomic E-state index is 14.9. The highest BCUT2D eigenvalue weighted by molar-refractivity contribution is 6.27. The molecule has 0 aliphatic carbocycles. The largest absolute Gasteiger partial charge is 0.461 e. The monoisotopic (exact) mass is 355 g/mol. The molecule has 0 spiro atoms. The van der Waals surface area contributed by atoms with Crippen LogP contribution >= 0.6 is 11.6 Å². The molecule has 4 nitrogen and oxygen atoms in total. The van der Waals surface area contributed by atoms with Crippen LogP contribution in [0.4, 0.5) is 4.39 Å². The number of rotatable bonds is 6. The molecule has 1 saturated heterocycles. The van der Waals surface area contributed by atoms with E-state index in [0.717, 1.165) is 5.56 Å². The van der Waals surface area contributed by atoms with Gasteiger partial charge in [0, 0.05) is 19.5 Å². The lowest BCUT2D eigenvalue weighted by molar-refractivity contribution is -0.146. The molecule has 0 bridgehead atoms. The molecule has 1 aliphatic heterocycles. The molecule has 0 N–H and O–H groups in total. The van der Waals surface area contributed by atoms with Crippen LogP contribution in [-0.2, 0) is 20.9 Å². The van der Waals surface area contributed by atoms with E-state index < -0.39 is 11.6 Å². The summed E-state index contributed by atoms with van der Waals surface area (Å²) in [5.41, 5.74) is -0.516. The van der Waals surface area contributed by atoms with Gasteiger partial charge in [-0.2, -0.15) is 0 Å². The molecule has 1 aliphatic rings. The Balaban J connectivity index is 1.75. The Labute approximate surface area is 146 Å². The van der Waals surface area contributed by atoms with Crippen LogP contribution in [0.2, 0.25) is 0 Å². The van der Waals surface area contributed by atoms with Gasteiger partial charge >= 0.3 is 5.97 Å². The zero-order valence-electron chi connectivity index (χ0n) is 13.7. The van der Waals surface area contributed by atoms with E-state index in [2.05, 4.69) is 0 Å². The van der Waals surface area contributed by atoms with E-state index in [9.17, 15) is 14.0 Å². The van der Waals surface area contributed by atoms with Gasteiger partial charge in [-0.25, -0.2) is 4.39 Å². The van der Waals surface area contributed by atoms with E-state index in [-0.39, 0.29) is 37.7 Å². The van der Waals surface area contributed by atoms with Crippen LogP contribution in [0.25, 0.3) is 0 Å². The van der Waals surface area contributed by atoms with Crippen LogP contribution in [0.1, 0.15) is 37.7 Å². The average Bonchev–Trinajstić information content (AvgIpc) is 2.81. The zero-order valence-corrected chi connectivity index (χ0v) is 14.4. The molecule has 0 radical (unpaired) electrons. The van der Waals surface area contributed by atoms with Crippen molar-refractivity contribution in [3.05, 3.63) is 35.9 Å². The molecule has 6 heteroatoms. The summed E-state index contributed by atoms with van der Waals surface area (Å²) in [6, 6.07) is 9.39. The Kier molecular flexibility index (Phi) is 7.03. The van der Waals surface area contributed by atoms with Gasteiger partial charge < -0.3 is 9.64 Å². The number of likely N-dealkylation sites (tertiary alicyclic amines) is 1. The molecule has 1 fully saturated rings. The van der Waals surface area contributed by atoms with Crippen LogP contribution in [0.3, 0.4) is 0 Å². The van der Waals surface area contributed by atoms with Gasteiger partial charge in [-0.1, -0.05) is 30.3 Å². The van der Waals surface area contributed by atoms with E-state index in [0.29, 0.717) is 25.9 Å². The SMILES string of the molecule is O=C(CCC1(F)CCCN(C(=O)CCl)CC1)OCc1ccccc1. The lowest BCUT2D eigenvalue weighted by atomic mass is 9.92. The number of halogens is 2. The number of hydrogen-bond acceptors (Lipinski definition) is 3. The molecule has 1 aromatic carbocycles. The minimum absolute atomic E-state index is 0.0484. The van der Waals surface area contributed by atoms with Gasteiger partial charge in [0.05, 0.1) is 0 Å².